The van der Waals surface area contributed by atoms with Crippen molar-refractivity contribution in [1.82, 2.24) is 10.0 Å². The Kier molecular flexibility index (Phi) is 3.99. The van der Waals surface area contributed by atoms with Crippen molar-refractivity contribution in [1.29, 1.82) is 0 Å². The van der Waals surface area contributed by atoms with E-state index in [4.69, 9.17) is 9.57 Å². The molecule has 24 heavy (non-hydrogen) atoms. The lowest BCUT2D eigenvalue weighted by Gasteiger charge is -2.13. The fraction of sp³-hybridized carbons (Fsp3) is 0.176. The van der Waals surface area contributed by atoms with E-state index in [-0.39, 0.29) is 28.8 Å². The van der Waals surface area contributed by atoms with Gasteiger partial charge in [-0.05, 0) is 32.0 Å². The van der Waals surface area contributed by atoms with E-state index in [9.17, 15) is 14.4 Å². The Morgan fingerprint density at radius 2 is 1.62 bits per heavy atom. The van der Waals surface area contributed by atoms with Crippen LogP contribution in [0.5, 0.6) is 5.88 Å². The fourth-order valence-electron chi connectivity index (χ4n) is 2.22. The topological polar surface area (TPSA) is 85.8 Å². The number of hydrogen-bond donors (Lipinski definition) is 0. The van der Waals surface area contributed by atoms with Crippen LogP contribution in [0.15, 0.2) is 42.5 Å². The lowest BCUT2D eigenvalue weighted by atomic mass is 10.1. The van der Waals surface area contributed by atoms with Gasteiger partial charge in [-0.25, -0.2) is 9.78 Å². The van der Waals surface area contributed by atoms with Crippen LogP contribution in [0, 0.1) is 0 Å². The summed E-state index contributed by atoms with van der Waals surface area (Å²) in [6.45, 7) is 3.65. The number of pyridine rings is 1. The van der Waals surface area contributed by atoms with Crippen LogP contribution in [0.1, 0.15) is 45.1 Å². The van der Waals surface area contributed by atoms with Crippen LogP contribution in [0.3, 0.4) is 0 Å². The summed E-state index contributed by atoms with van der Waals surface area (Å²) in [5.74, 6) is -2.03. The van der Waals surface area contributed by atoms with E-state index in [1.165, 1.54) is 18.2 Å². The predicted molar refractivity (Wildman–Crippen MR) is 82.4 cm³/mol. The molecule has 2 heterocycles. The van der Waals surface area contributed by atoms with Crippen LogP contribution in [0.25, 0.3) is 0 Å². The Morgan fingerprint density at radius 1 is 1.00 bits per heavy atom. The number of fused-ring (bicyclic) bond motifs is 1. The summed E-state index contributed by atoms with van der Waals surface area (Å²) in [4.78, 5) is 45.5. The first-order valence-electron chi connectivity index (χ1n) is 7.31. The Morgan fingerprint density at radius 3 is 2.21 bits per heavy atom. The van der Waals surface area contributed by atoms with Crippen LogP contribution >= 0.6 is 0 Å². The first-order chi connectivity index (χ1) is 11.5. The van der Waals surface area contributed by atoms with Gasteiger partial charge < -0.3 is 9.57 Å². The van der Waals surface area contributed by atoms with E-state index in [1.807, 2.05) is 13.8 Å². The predicted octanol–water partition coefficient (Wildman–Crippen LogP) is 2.24. The highest BCUT2D eigenvalue weighted by Gasteiger charge is 2.39. The van der Waals surface area contributed by atoms with Crippen LogP contribution in [0.2, 0.25) is 0 Å². The van der Waals surface area contributed by atoms with Gasteiger partial charge in [0.2, 0.25) is 5.88 Å². The summed E-state index contributed by atoms with van der Waals surface area (Å²) < 4.78 is 5.40. The molecule has 0 bridgehead atoms. The number of imide groups is 1. The number of ether oxygens (including phenoxy) is 1. The molecule has 122 valence electrons. The minimum Gasteiger partial charge on any atom is -0.475 e. The molecular weight excluding hydrogens is 312 g/mol. The highest BCUT2D eigenvalue weighted by atomic mass is 16.7. The number of hydrogen-bond acceptors (Lipinski definition) is 6. The summed E-state index contributed by atoms with van der Waals surface area (Å²) in [6, 6.07) is 10.8. The summed E-state index contributed by atoms with van der Waals surface area (Å²) >= 11 is 0. The molecule has 0 fully saturated rings. The molecule has 1 aliphatic heterocycles. The van der Waals surface area contributed by atoms with Gasteiger partial charge in [0.15, 0.2) is 5.69 Å². The maximum Gasteiger partial charge on any atom is 0.382 e. The molecule has 3 rings (SSSR count). The zero-order valence-corrected chi connectivity index (χ0v) is 13.1. The van der Waals surface area contributed by atoms with Gasteiger partial charge in [-0.3, -0.25) is 9.59 Å². The van der Waals surface area contributed by atoms with Gasteiger partial charge in [-0.2, -0.15) is 0 Å². The largest absolute Gasteiger partial charge is 0.475 e. The van der Waals surface area contributed by atoms with Crippen molar-refractivity contribution in [3.63, 3.8) is 0 Å². The van der Waals surface area contributed by atoms with E-state index in [2.05, 4.69) is 4.98 Å². The SMILES string of the molecule is CC(C)Oc1cccc(C(=O)ON2C(=O)c3ccccc3C2=O)n1. The Hall–Kier alpha value is -3.22. The number of nitrogens with zero attached hydrogens (tertiary/aromatic N) is 2. The van der Waals surface area contributed by atoms with Gasteiger partial charge in [0.05, 0.1) is 17.2 Å². The molecule has 1 aromatic carbocycles. The van der Waals surface area contributed by atoms with Crippen molar-refractivity contribution >= 4 is 17.8 Å². The fourth-order valence-corrected chi connectivity index (χ4v) is 2.22. The van der Waals surface area contributed by atoms with Gasteiger partial charge in [0, 0.05) is 6.07 Å². The third-order valence-electron chi connectivity index (χ3n) is 3.22. The number of carbonyl (C=O) groups excluding carboxylic acids is 3. The van der Waals surface area contributed by atoms with Crippen molar-refractivity contribution in [2.45, 2.75) is 20.0 Å². The monoisotopic (exact) mass is 326 g/mol. The van der Waals surface area contributed by atoms with E-state index in [0.717, 1.165) is 0 Å². The minimum absolute atomic E-state index is 0.0651. The van der Waals surface area contributed by atoms with Crippen molar-refractivity contribution in [2.24, 2.45) is 0 Å². The van der Waals surface area contributed by atoms with E-state index >= 15 is 0 Å². The Labute approximate surface area is 137 Å². The van der Waals surface area contributed by atoms with Gasteiger partial charge in [-0.1, -0.05) is 23.3 Å². The molecular formula is C17H14N2O5. The average Bonchev–Trinajstić information content (AvgIpc) is 2.80. The first-order valence-corrected chi connectivity index (χ1v) is 7.31. The molecule has 1 aromatic heterocycles. The zero-order chi connectivity index (χ0) is 17.3. The highest BCUT2D eigenvalue weighted by Crippen LogP contribution is 2.23. The molecule has 0 spiro atoms. The number of carbonyl (C=O) groups is 3. The number of amides is 2. The van der Waals surface area contributed by atoms with Crippen molar-refractivity contribution in [2.75, 3.05) is 0 Å². The summed E-state index contributed by atoms with van der Waals surface area (Å²) in [6.07, 6.45) is -0.111. The third-order valence-corrected chi connectivity index (χ3v) is 3.22. The molecule has 0 unspecified atom stereocenters. The number of rotatable bonds is 4. The smallest absolute Gasteiger partial charge is 0.382 e. The van der Waals surface area contributed by atoms with Crippen LogP contribution in [0.4, 0.5) is 0 Å². The average molecular weight is 326 g/mol. The molecule has 2 amide bonds. The first kappa shape index (κ1) is 15.7. The minimum atomic E-state index is -0.918. The molecule has 0 saturated heterocycles. The summed E-state index contributed by atoms with van der Waals surface area (Å²) in [5.41, 5.74) is 0.324. The lowest BCUT2D eigenvalue weighted by Crippen LogP contribution is -2.33. The molecule has 7 heteroatoms. The van der Waals surface area contributed by atoms with Crippen molar-refractivity contribution in [3.8, 4) is 5.88 Å². The van der Waals surface area contributed by atoms with E-state index < -0.39 is 17.8 Å². The summed E-state index contributed by atoms with van der Waals surface area (Å²) in [7, 11) is 0. The molecule has 7 nitrogen and oxygen atoms in total. The third kappa shape index (κ3) is 2.83. The molecule has 1 aliphatic rings. The van der Waals surface area contributed by atoms with Gasteiger partial charge in [0.25, 0.3) is 11.8 Å². The second kappa shape index (κ2) is 6.11. The van der Waals surface area contributed by atoms with E-state index in [0.29, 0.717) is 5.06 Å². The van der Waals surface area contributed by atoms with Crippen LogP contribution in [-0.4, -0.2) is 33.9 Å². The van der Waals surface area contributed by atoms with Gasteiger partial charge in [0.1, 0.15) is 0 Å². The maximum absolute atomic E-state index is 12.2. The molecule has 2 aromatic rings. The molecule has 0 radical (unpaired) electrons. The second-order valence-electron chi connectivity index (χ2n) is 5.36. The van der Waals surface area contributed by atoms with Crippen molar-refractivity contribution in [3.05, 3.63) is 59.3 Å². The molecule has 0 atom stereocenters. The van der Waals surface area contributed by atoms with Crippen molar-refractivity contribution < 1.29 is 24.0 Å². The number of hydroxylamine groups is 2. The molecule has 0 aliphatic carbocycles. The zero-order valence-electron chi connectivity index (χ0n) is 13.1. The van der Waals surface area contributed by atoms with Crippen LogP contribution < -0.4 is 4.74 Å². The number of benzene rings is 1. The standard InChI is InChI=1S/C17H14N2O5/c1-10(2)23-14-9-5-8-13(18-14)17(22)24-19-15(20)11-6-3-4-7-12(11)16(19)21/h3-10H,1-2H3. The normalized spacial score (nSPS) is 13.2. The number of aromatic nitrogens is 1. The van der Waals surface area contributed by atoms with Crippen LogP contribution in [-0.2, 0) is 4.84 Å². The maximum atomic E-state index is 12.2. The second-order valence-corrected chi connectivity index (χ2v) is 5.36. The van der Waals surface area contributed by atoms with E-state index in [1.54, 1.807) is 24.3 Å². The lowest BCUT2D eigenvalue weighted by molar-refractivity contribution is -0.0588. The molecule has 0 N–H and O–H groups in total. The highest BCUT2D eigenvalue weighted by molar-refractivity contribution is 6.21. The van der Waals surface area contributed by atoms with Gasteiger partial charge in [-0.15, -0.1) is 0 Å². The Bertz CT molecular complexity index is 796. The Balaban J connectivity index is 1.79. The van der Waals surface area contributed by atoms with Gasteiger partial charge >= 0.3 is 5.97 Å². The molecule has 0 saturated carbocycles. The quantitative estimate of drug-likeness (QED) is 0.801. The summed E-state index contributed by atoms with van der Waals surface area (Å²) in [5, 5.41) is 0.449.